The van der Waals surface area contributed by atoms with Crippen molar-refractivity contribution < 1.29 is 4.74 Å². The van der Waals surface area contributed by atoms with E-state index in [1.165, 1.54) is 0 Å². The second-order valence-corrected chi connectivity index (χ2v) is 4.81. The lowest BCUT2D eigenvalue weighted by molar-refractivity contribution is 0.197. The zero-order valence-corrected chi connectivity index (χ0v) is 12.6. The van der Waals surface area contributed by atoms with E-state index in [-0.39, 0.29) is 0 Å². The number of rotatable bonds is 5. The molecule has 0 unspecified atom stereocenters. The number of benzene rings is 1. The first-order valence-corrected chi connectivity index (χ1v) is 6.63. The Morgan fingerprint density at radius 1 is 1.26 bits per heavy atom. The molecule has 0 amide bonds. The monoisotopic (exact) mass is 324 g/mol. The van der Waals surface area contributed by atoms with Crippen LogP contribution in [-0.2, 0) is 4.74 Å². The molecule has 4 N–H and O–H groups in total. The summed E-state index contributed by atoms with van der Waals surface area (Å²) in [5.41, 5.74) is 3.02. The Kier molecular flexibility index (Phi) is 7.27. The second-order valence-electron chi connectivity index (χ2n) is 3.59. The SMILES string of the molecule is COCCCN=C(NN)Nc1cc(Cl)c(Cl)cc1Cl. The summed E-state index contributed by atoms with van der Waals surface area (Å²) in [5.74, 6) is 5.76. The molecule has 0 saturated carbocycles. The first-order chi connectivity index (χ1) is 9.08. The van der Waals surface area contributed by atoms with E-state index in [1.807, 2.05) is 0 Å². The Morgan fingerprint density at radius 2 is 1.95 bits per heavy atom. The third kappa shape index (κ3) is 5.42. The van der Waals surface area contributed by atoms with Gasteiger partial charge in [0.25, 0.3) is 0 Å². The Labute approximate surface area is 127 Å². The Morgan fingerprint density at radius 3 is 2.58 bits per heavy atom. The normalized spacial score (nSPS) is 11.5. The molecule has 106 valence electrons. The average molecular weight is 326 g/mol. The zero-order valence-electron chi connectivity index (χ0n) is 10.3. The summed E-state index contributed by atoms with van der Waals surface area (Å²) in [4.78, 5) is 4.22. The predicted molar refractivity (Wildman–Crippen MR) is 81.2 cm³/mol. The molecule has 0 spiro atoms. The summed E-state index contributed by atoms with van der Waals surface area (Å²) in [6.45, 7) is 1.20. The van der Waals surface area contributed by atoms with Crippen molar-refractivity contribution in [3.05, 3.63) is 27.2 Å². The van der Waals surface area contributed by atoms with Gasteiger partial charge in [-0.15, -0.1) is 0 Å². The molecule has 0 atom stereocenters. The largest absolute Gasteiger partial charge is 0.385 e. The fourth-order valence-corrected chi connectivity index (χ4v) is 1.86. The smallest absolute Gasteiger partial charge is 0.210 e. The molecule has 1 rings (SSSR count). The van der Waals surface area contributed by atoms with Crippen molar-refractivity contribution in [1.82, 2.24) is 5.43 Å². The van der Waals surface area contributed by atoms with E-state index in [0.717, 1.165) is 6.42 Å². The van der Waals surface area contributed by atoms with Gasteiger partial charge >= 0.3 is 0 Å². The number of hydrogen-bond acceptors (Lipinski definition) is 3. The van der Waals surface area contributed by atoms with Gasteiger partial charge in [0.05, 0.1) is 20.8 Å². The molecular formula is C11H15Cl3N4O. The molecule has 0 saturated heterocycles. The molecule has 0 aliphatic rings. The highest BCUT2D eigenvalue weighted by atomic mass is 35.5. The molecule has 8 heteroatoms. The maximum atomic E-state index is 6.04. The molecule has 0 radical (unpaired) electrons. The van der Waals surface area contributed by atoms with E-state index in [1.54, 1.807) is 19.2 Å². The number of hydrazine groups is 1. The van der Waals surface area contributed by atoms with E-state index in [4.69, 9.17) is 45.4 Å². The fraction of sp³-hybridized carbons (Fsp3) is 0.364. The quantitative estimate of drug-likeness (QED) is 0.194. The molecule has 0 aromatic heterocycles. The summed E-state index contributed by atoms with van der Waals surface area (Å²) in [5, 5.41) is 4.14. The van der Waals surface area contributed by atoms with Crippen molar-refractivity contribution in [2.24, 2.45) is 10.8 Å². The van der Waals surface area contributed by atoms with Gasteiger partial charge in [-0.05, 0) is 18.6 Å². The highest BCUT2D eigenvalue weighted by Crippen LogP contribution is 2.32. The summed E-state index contributed by atoms with van der Waals surface area (Å²) in [6, 6.07) is 3.15. The fourth-order valence-electron chi connectivity index (χ4n) is 1.27. The van der Waals surface area contributed by atoms with E-state index < -0.39 is 0 Å². The molecule has 0 aliphatic carbocycles. The van der Waals surface area contributed by atoms with Gasteiger partial charge in [0.1, 0.15) is 0 Å². The molecule has 0 heterocycles. The van der Waals surface area contributed by atoms with E-state index in [2.05, 4.69) is 15.7 Å². The first-order valence-electron chi connectivity index (χ1n) is 5.50. The predicted octanol–water partition coefficient (Wildman–Crippen LogP) is 2.91. The lowest BCUT2D eigenvalue weighted by Crippen LogP contribution is -2.36. The maximum absolute atomic E-state index is 6.04. The maximum Gasteiger partial charge on any atom is 0.210 e. The first kappa shape index (κ1) is 16.3. The van der Waals surface area contributed by atoms with Gasteiger partial charge in [-0.3, -0.25) is 10.4 Å². The number of halogens is 3. The van der Waals surface area contributed by atoms with Crippen LogP contribution in [0.2, 0.25) is 15.1 Å². The molecule has 0 fully saturated rings. The van der Waals surface area contributed by atoms with Crippen molar-refractivity contribution in [2.45, 2.75) is 6.42 Å². The number of aliphatic imine (C=N–C) groups is 1. The van der Waals surface area contributed by atoms with Gasteiger partial charge in [0.2, 0.25) is 5.96 Å². The van der Waals surface area contributed by atoms with Crippen LogP contribution in [0, 0.1) is 0 Å². The standard InChI is InChI=1S/C11H15Cl3N4O/c1-19-4-2-3-16-11(18-15)17-10-6-8(13)7(12)5-9(10)14/h5-6H,2-4,15H2,1H3,(H2,16,17,18). The number of nitrogens with one attached hydrogen (secondary N) is 2. The van der Waals surface area contributed by atoms with Crippen LogP contribution in [0.1, 0.15) is 6.42 Å². The molecule has 19 heavy (non-hydrogen) atoms. The van der Waals surface area contributed by atoms with Crippen LogP contribution in [0.4, 0.5) is 5.69 Å². The van der Waals surface area contributed by atoms with Gasteiger partial charge in [-0.25, -0.2) is 5.84 Å². The van der Waals surface area contributed by atoms with E-state index in [0.29, 0.717) is 39.9 Å². The molecule has 1 aromatic carbocycles. The van der Waals surface area contributed by atoms with E-state index >= 15 is 0 Å². The Hall–Kier alpha value is -0.720. The zero-order chi connectivity index (χ0) is 14.3. The number of ether oxygens (including phenoxy) is 1. The molecule has 1 aromatic rings. The number of methoxy groups -OCH3 is 1. The van der Waals surface area contributed by atoms with Crippen LogP contribution < -0.4 is 16.6 Å². The lowest BCUT2D eigenvalue weighted by Gasteiger charge is -2.11. The van der Waals surface area contributed by atoms with Crippen LogP contribution >= 0.6 is 34.8 Å². The summed E-state index contributed by atoms with van der Waals surface area (Å²) < 4.78 is 4.93. The topological polar surface area (TPSA) is 71.7 Å². The minimum atomic E-state index is 0.386. The highest BCUT2D eigenvalue weighted by Gasteiger charge is 2.07. The van der Waals surface area contributed by atoms with E-state index in [9.17, 15) is 0 Å². The van der Waals surface area contributed by atoms with Gasteiger partial charge in [-0.1, -0.05) is 34.8 Å². The highest BCUT2D eigenvalue weighted by molar-refractivity contribution is 6.44. The van der Waals surface area contributed by atoms with Crippen LogP contribution in [0.25, 0.3) is 0 Å². The number of hydrogen-bond donors (Lipinski definition) is 3. The Balaban J connectivity index is 2.72. The van der Waals surface area contributed by atoms with Crippen molar-refractivity contribution in [3.8, 4) is 0 Å². The third-order valence-corrected chi connectivity index (χ3v) is 3.21. The molecule has 0 aliphatic heterocycles. The van der Waals surface area contributed by atoms with Crippen LogP contribution in [0.15, 0.2) is 17.1 Å². The lowest BCUT2D eigenvalue weighted by atomic mass is 10.3. The van der Waals surface area contributed by atoms with Gasteiger partial charge in [0, 0.05) is 20.3 Å². The number of anilines is 1. The van der Waals surface area contributed by atoms with Crippen LogP contribution in [0.5, 0.6) is 0 Å². The Bertz CT molecular complexity index is 454. The summed E-state index contributed by atoms with van der Waals surface area (Å²) in [7, 11) is 1.64. The van der Waals surface area contributed by atoms with Crippen molar-refractivity contribution >= 4 is 46.4 Å². The van der Waals surface area contributed by atoms with Gasteiger partial charge in [-0.2, -0.15) is 0 Å². The minimum Gasteiger partial charge on any atom is -0.385 e. The van der Waals surface area contributed by atoms with Crippen molar-refractivity contribution in [1.29, 1.82) is 0 Å². The molecular weight excluding hydrogens is 311 g/mol. The third-order valence-electron chi connectivity index (χ3n) is 2.18. The number of guanidine groups is 1. The van der Waals surface area contributed by atoms with Crippen LogP contribution in [0.3, 0.4) is 0 Å². The van der Waals surface area contributed by atoms with Crippen molar-refractivity contribution in [2.75, 3.05) is 25.6 Å². The second kappa shape index (κ2) is 8.45. The number of nitrogens with two attached hydrogens (primary N) is 1. The summed E-state index contributed by atoms with van der Waals surface area (Å²) in [6.07, 6.45) is 0.790. The van der Waals surface area contributed by atoms with Crippen molar-refractivity contribution in [3.63, 3.8) is 0 Å². The van der Waals surface area contributed by atoms with Gasteiger partial charge in [0.15, 0.2) is 0 Å². The van der Waals surface area contributed by atoms with Gasteiger partial charge < -0.3 is 10.1 Å². The number of nitrogens with zero attached hydrogens (tertiary/aromatic N) is 1. The average Bonchev–Trinajstić information content (AvgIpc) is 2.39. The minimum absolute atomic E-state index is 0.386. The molecule has 0 bridgehead atoms. The molecule has 5 nitrogen and oxygen atoms in total. The van der Waals surface area contributed by atoms with Crippen LogP contribution in [-0.4, -0.2) is 26.2 Å². The summed E-state index contributed by atoms with van der Waals surface area (Å²) >= 11 is 17.8.